The number of nitrogens with one attached hydrogen (secondary N) is 2. The quantitative estimate of drug-likeness (QED) is 0.432. The van der Waals surface area contributed by atoms with Crippen LogP contribution in [-0.4, -0.2) is 37.2 Å². The lowest BCUT2D eigenvalue weighted by Gasteiger charge is -2.20. The molecule has 0 saturated heterocycles. The van der Waals surface area contributed by atoms with Crippen LogP contribution in [-0.2, 0) is 14.3 Å². The molecule has 0 radical (unpaired) electrons. The van der Waals surface area contributed by atoms with Gasteiger partial charge < -0.3 is 14.8 Å². The van der Waals surface area contributed by atoms with Gasteiger partial charge in [-0.2, -0.15) is 0 Å². The molecule has 0 atom stereocenters. The van der Waals surface area contributed by atoms with Crippen LogP contribution in [0.3, 0.4) is 0 Å². The average Bonchev–Trinajstić information content (AvgIpc) is 2.69. The van der Waals surface area contributed by atoms with Crippen LogP contribution < -0.4 is 15.4 Å². The summed E-state index contributed by atoms with van der Waals surface area (Å²) in [4.78, 5) is 36.5. The number of esters is 1. The third-order valence-electron chi connectivity index (χ3n) is 3.82. The van der Waals surface area contributed by atoms with Crippen LogP contribution in [0.5, 0.6) is 5.75 Å². The number of hydrogen-bond donors (Lipinski definition) is 2. The van der Waals surface area contributed by atoms with Gasteiger partial charge in [-0.05, 0) is 38.5 Å². The zero-order valence-electron chi connectivity index (χ0n) is 17.5. The van der Waals surface area contributed by atoms with Gasteiger partial charge in [-0.25, -0.2) is 9.59 Å². The normalized spacial score (nSPS) is 11.4. The summed E-state index contributed by atoms with van der Waals surface area (Å²) in [6.45, 7) is 4.76. The third kappa shape index (κ3) is 7.09. The van der Waals surface area contributed by atoms with Crippen molar-refractivity contribution >= 4 is 29.6 Å². The van der Waals surface area contributed by atoms with Crippen LogP contribution in [0.4, 0.5) is 4.79 Å². The Labute approximate surface area is 176 Å². The summed E-state index contributed by atoms with van der Waals surface area (Å²) < 4.78 is 10.5. The number of hydrogen-bond acceptors (Lipinski definition) is 5. The van der Waals surface area contributed by atoms with Gasteiger partial charge in [-0.15, -0.1) is 0 Å². The Kier molecular flexibility index (Phi) is 7.75. The minimum absolute atomic E-state index is 0.257. The molecule has 30 heavy (non-hydrogen) atoms. The van der Waals surface area contributed by atoms with E-state index < -0.39 is 30.1 Å². The van der Waals surface area contributed by atoms with Gasteiger partial charge in [-0.3, -0.25) is 10.1 Å². The van der Waals surface area contributed by atoms with Crippen molar-refractivity contribution in [2.75, 3.05) is 13.7 Å². The van der Waals surface area contributed by atoms with Crippen LogP contribution in [0.1, 0.15) is 31.9 Å². The third-order valence-corrected chi connectivity index (χ3v) is 3.82. The second-order valence-corrected chi connectivity index (χ2v) is 7.49. The highest BCUT2D eigenvalue weighted by atomic mass is 16.5. The van der Waals surface area contributed by atoms with E-state index in [1.165, 1.54) is 0 Å². The highest BCUT2D eigenvalue weighted by Crippen LogP contribution is 2.25. The smallest absolute Gasteiger partial charge is 0.339 e. The maximum absolute atomic E-state index is 12.8. The Balaban J connectivity index is 2.16. The van der Waals surface area contributed by atoms with Crippen molar-refractivity contribution in [3.05, 3.63) is 65.7 Å². The van der Waals surface area contributed by atoms with Gasteiger partial charge in [0.1, 0.15) is 5.75 Å². The molecule has 0 aromatic heterocycles. The Morgan fingerprint density at radius 2 is 1.60 bits per heavy atom. The van der Waals surface area contributed by atoms with E-state index in [-0.39, 0.29) is 5.57 Å². The second kappa shape index (κ2) is 10.2. The molecule has 0 unspecified atom stereocenters. The average molecular weight is 410 g/mol. The highest BCUT2D eigenvalue weighted by molar-refractivity contribution is 6.22. The first-order chi connectivity index (χ1) is 14.2. The predicted octanol–water partition coefficient (Wildman–Crippen LogP) is 3.40. The van der Waals surface area contributed by atoms with Crippen LogP contribution in [0, 0.1) is 0 Å². The molecule has 0 aliphatic rings. The number of ether oxygens (including phenoxy) is 2. The standard InChI is InChI=1S/C23H26N2O5/c1-23(2,3)25-22(28)24-20(26)15-30-21(27)18(16-10-6-5-7-11-16)14-17-12-8-9-13-19(17)29-4/h5-14H,15H2,1-4H3,(H2,24,25,26,28)/b18-14+. The van der Waals surface area contributed by atoms with Gasteiger partial charge in [0.15, 0.2) is 6.61 Å². The number of imide groups is 1. The van der Waals surface area contributed by atoms with Crippen molar-refractivity contribution in [2.24, 2.45) is 0 Å². The number of amides is 3. The van der Waals surface area contributed by atoms with Crippen LogP contribution in [0.2, 0.25) is 0 Å². The molecule has 7 heteroatoms. The minimum atomic E-state index is -0.727. The maximum Gasteiger partial charge on any atom is 0.339 e. The second-order valence-electron chi connectivity index (χ2n) is 7.49. The van der Waals surface area contributed by atoms with Gasteiger partial charge in [0.2, 0.25) is 0 Å². The molecule has 2 N–H and O–H groups in total. The molecule has 0 aliphatic carbocycles. The summed E-state index contributed by atoms with van der Waals surface area (Å²) in [7, 11) is 1.54. The number of urea groups is 1. The summed E-state index contributed by atoms with van der Waals surface area (Å²) in [5.74, 6) is -0.830. The lowest BCUT2D eigenvalue weighted by molar-refractivity contribution is -0.142. The summed E-state index contributed by atoms with van der Waals surface area (Å²) in [5, 5.41) is 4.73. The van der Waals surface area contributed by atoms with Crippen molar-refractivity contribution in [1.29, 1.82) is 0 Å². The number of carbonyl (C=O) groups is 3. The maximum atomic E-state index is 12.8. The molecule has 0 aliphatic heterocycles. The van der Waals surface area contributed by atoms with Crippen molar-refractivity contribution in [3.8, 4) is 5.75 Å². The molecule has 0 heterocycles. The Bertz CT molecular complexity index is 930. The van der Waals surface area contributed by atoms with Crippen LogP contribution in [0.15, 0.2) is 54.6 Å². The van der Waals surface area contributed by atoms with E-state index in [4.69, 9.17) is 9.47 Å². The molecule has 7 nitrogen and oxygen atoms in total. The van der Waals surface area contributed by atoms with E-state index in [2.05, 4.69) is 10.6 Å². The Morgan fingerprint density at radius 1 is 0.967 bits per heavy atom. The number of para-hydroxylation sites is 1. The van der Waals surface area contributed by atoms with E-state index in [0.717, 1.165) is 0 Å². The molecular weight excluding hydrogens is 384 g/mol. The van der Waals surface area contributed by atoms with Gasteiger partial charge in [-0.1, -0.05) is 48.5 Å². The number of methoxy groups -OCH3 is 1. The van der Waals surface area contributed by atoms with Crippen molar-refractivity contribution < 1.29 is 23.9 Å². The van der Waals surface area contributed by atoms with Gasteiger partial charge in [0.05, 0.1) is 12.7 Å². The molecule has 0 fully saturated rings. The van der Waals surface area contributed by atoms with Gasteiger partial charge in [0.25, 0.3) is 5.91 Å². The van der Waals surface area contributed by atoms with Crippen molar-refractivity contribution in [2.45, 2.75) is 26.3 Å². The Morgan fingerprint density at radius 3 is 2.23 bits per heavy atom. The summed E-state index contributed by atoms with van der Waals surface area (Å²) in [6.07, 6.45) is 1.64. The zero-order chi connectivity index (χ0) is 22.1. The molecular formula is C23H26N2O5. The van der Waals surface area contributed by atoms with E-state index >= 15 is 0 Å². The first-order valence-corrected chi connectivity index (χ1v) is 9.39. The summed E-state index contributed by atoms with van der Waals surface area (Å²) >= 11 is 0. The fourth-order valence-corrected chi connectivity index (χ4v) is 2.56. The lowest BCUT2D eigenvalue weighted by Crippen LogP contribution is -2.49. The van der Waals surface area contributed by atoms with Crippen LogP contribution in [0.25, 0.3) is 11.6 Å². The first kappa shape index (κ1) is 22.7. The molecule has 0 bridgehead atoms. The number of rotatable bonds is 6. The van der Waals surface area contributed by atoms with Gasteiger partial charge in [0, 0.05) is 11.1 Å². The van der Waals surface area contributed by atoms with Gasteiger partial charge >= 0.3 is 12.0 Å². The number of benzene rings is 2. The van der Waals surface area contributed by atoms with Crippen molar-refractivity contribution in [3.63, 3.8) is 0 Å². The first-order valence-electron chi connectivity index (χ1n) is 9.39. The number of carbonyl (C=O) groups excluding carboxylic acids is 3. The SMILES string of the molecule is COc1ccccc1/C=C(/C(=O)OCC(=O)NC(=O)NC(C)(C)C)c1ccccc1. The summed E-state index contributed by atoms with van der Waals surface area (Å²) in [6, 6.07) is 15.5. The van der Waals surface area contributed by atoms with Crippen LogP contribution >= 0.6 is 0 Å². The monoisotopic (exact) mass is 410 g/mol. The Hall–Kier alpha value is -3.61. The summed E-state index contributed by atoms with van der Waals surface area (Å²) in [5.41, 5.74) is 1.06. The van der Waals surface area contributed by atoms with E-state index in [0.29, 0.717) is 16.9 Å². The molecule has 2 aromatic rings. The molecule has 0 saturated carbocycles. The fraction of sp³-hybridized carbons (Fsp3) is 0.261. The fourth-order valence-electron chi connectivity index (χ4n) is 2.56. The molecule has 158 valence electrons. The molecule has 3 amide bonds. The van der Waals surface area contributed by atoms with E-state index in [1.54, 1.807) is 70.4 Å². The molecule has 2 rings (SSSR count). The van der Waals surface area contributed by atoms with E-state index in [9.17, 15) is 14.4 Å². The molecule has 0 spiro atoms. The largest absolute Gasteiger partial charge is 0.496 e. The topological polar surface area (TPSA) is 93.7 Å². The minimum Gasteiger partial charge on any atom is -0.496 e. The van der Waals surface area contributed by atoms with E-state index in [1.807, 2.05) is 18.2 Å². The predicted molar refractivity (Wildman–Crippen MR) is 115 cm³/mol. The molecule has 2 aromatic carbocycles. The highest BCUT2D eigenvalue weighted by Gasteiger charge is 2.19. The lowest BCUT2D eigenvalue weighted by atomic mass is 10.0. The van der Waals surface area contributed by atoms with Crippen molar-refractivity contribution in [1.82, 2.24) is 10.6 Å². The zero-order valence-corrected chi connectivity index (χ0v) is 17.5.